The maximum Gasteiger partial charge on any atom is 0.154 e. The van der Waals surface area contributed by atoms with E-state index in [2.05, 4.69) is 0 Å². The first-order chi connectivity index (χ1) is 5.82. The van der Waals surface area contributed by atoms with Gasteiger partial charge in [-0.2, -0.15) is 0 Å². The molecule has 2 atom stereocenters. The minimum Gasteiger partial charge on any atom is -0.454 e. The van der Waals surface area contributed by atoms with E-state index < -0.39 is 0 Å². The summed E-state index contributed by atoms with van der Waals surface area (Å²) in [4.78, 5) is 0. The van der Waals surface area contributed by atoms with Crippen molar-refractivity contribution in [1.82, 2.24) is 0 Å². The van der Waals surface area contributed by atoms with Gasteiger partial charge in [-0.1, -0.05) is 6.42 Å². The average molecular weight is 164 g/mol. The molecule has 2 nitrogen and oxygen atoms in total. The van der Waals surface area contributed by atoms with Crippen molar-refractivity contribution in [3.63, 3.8) is 0 Å². The normalized spacial score (nSPS) is 45.2. The molecule has 0 aromatic rings. The zero-order valence-corrected chi connectivity index (χ0v) is 7.47. The number of nitrogens with one attached hydrogen (secondary N) is 1. The monoisotopic (exact) mass is 164 g/mol. The number of hydrogen-bond donors (Lipinski definition) is 0. The van der Waals surface area contributed by atoms with Crippen molar-refractivity contribution in [2.24, 2.45) is 5.41 Å². The molecule has 1 heterocycles. The van der Waals surface area contributed by atoms with E-state index in [-0.39, 0.29) is 0 Å². The number of fused-ring (bicyclic) bond motifs is 1. The van der Waals surface area contributed by atoms with Crippen LogP contribution in [0.25, 0.3) is 5.84 Å². The Labute approximate surface area is 73.4 Å². The quantitative estimate of drug-likeness (QED) is 0.492. The van der Waals surface area contributed by atoms with Crippen molar-refractivity contribution >= 4 is 5.71 Å². The summed E-state index contributed by atoms with van der Waals surface area (Å²) in [6.45, 7) is 0. The van der Waals surface area contributed by atoms with Crippen molar-refractivity contribution in [1.29, 1.82) is 0 Å². The van der Waals surface area contributed by atoms with E-state index in [0.29, 0.717) is 11.5 Å². The Morgan fingerprint density at radius 2 is 2.25 bits per heavy atom. The summed E-state index contributed by atoms with van der Waals surface area (Å²) in [7, 11) is 0. The molecule has 66 valence electrons. The molecule has 0 saturated heterocycles. The first-order valence-electron chi connectivity index (χ1n) is 5.19. The molecule has 3 aliphatic rings. The maximum absolute atomic E-state index is 7.94. The van der Waals surface area contributed by atoms with Crippen LogP contribution < -0.4 is 0 Å². The molecule has 0 aromatic carbocycles. The van der Waals surface area contributed by atoms with Crippen LogP contribution in [0.4, 0.5) is 0 Å². The molecule has 12 heavy (non-hydrogen) atoms. The zero-order chi connectivity index (χ0) is 8.18. The van der Waals surface area contributed by atoms with Crippen LogP contribution in [-0.4, -0.2) is 16.4 Å². The fourth-order valence-corrected chi connectivity index (χ4v) is 3.57. The first-order valence-corrected chi connectivity index (χ1v) is 5.19. The molecule has 1 spiro atoms. The predicted molar refractivity (Wildman–Crippen MR) is 48.1 cm³/mol. The smallest absolute Gasteiger partial charge is 0.154 e. The van der Waals surface area contributed by atoms with E-state index in [4.69, 9.17) is 5.84 Å². The third kappa shape index (κ3) is 0.644. The van der Waals surface area contributed by atoms with Gasteiger partial charge in [-0.3, -0.25) is 4.68 Å². The SMILES string of the molecule is [NH-][N+]1=C2CCCCC23CCC1C3. The highest BCUT2D eigenvalue weighted by Gasteiger charge is 2.55. The lowest BCUT2D eigenvalue weighted by atomic mass is 9.72. The van der Waals surface area contributed by atoms with Crippen LogP contribution in [-0.2, 0) is 0 Å². The van der Waals surface area contributed by atoms with Crippen LogP contribution in [0, 0.1) is 5.41 Å². The van der Waals surface area contributed by atoms with Crippen LogP contribution in [0.2, 0.25) is 0 Å². The fourth-order valence-electron chi connectivity index (χ4n) is 3.57. The van der Waals surface area contributed by atoms with Crippen LogP contribution in [0.5, 0.6) is 0 Å². The van der Waals surface area contributed by atoms with Gasteiger partial charge in [-0.15, -0.1) is 0 Å². The van der Waals surface area contributed by atoms with E-state index >= 15 is 0 Å². The third-order valence-corrected chi connectivity index (χ3v) is 4.17. The summed E-state index contributed by atoms with van der Waals surface area (Å²) in [5.74, 6) is 7.94. The molecule has 1 N–H and O–H groups in total. The molecule has 2 fully saturated rings. The minimum atomic E-state index is 0.532. The van der Waals surface area contributed by atoms with Crippen molar-refractivity contribution in [2.75, 3.05) is 0 Å². The molecule has 2 aliphatic carbocycles. The zero-order valence-electron chi connectivity index (χ0n) is 7.47. The van der Waals surface area contributed by atoms with E-state index in [0.717, 1.165) is 0 Å². The van der Waals surface area contributed by atoms with Gasteiger partial charge in [0.05, 0.1) is 5.41 Å². The minimum absolute atomic E-state index is 0.532. The van der Waals surface area contributed by atoms with Gasteiger partial charge >= 0.3 is 0 Å². The van der Waals surface area contributed by atoms with Crippen molar-refractivity contribution in [3.8, 4) is 0 Å². The average Bonchev–Trinajstić information content (AvgIpc) is 2.60. The van der Waals surface area contributed by atoms with Gasteiger partial charge in [0.1, 0.15) is 6.04 Å². The standard InChI is InChI=1S/C10H16N2/c11-12-8-4-6-10(7-8)5-2-1-3-9(10)12/h8,11H,1-7H2. The molecule has 0 amide bonds. The van der Waals surface area contributed by atoms with Crippen LogP contribution in [0.3, 0.4) is 0 Å². The number of hydrogen-bond acceptors (Lipinski definition) is 0. The third-order valence-electron chi connectivity index (χ3n) is 4.17. The van der Waals surface area contributed by atoms with Gasteiger partial charge in [0.25, 0.3) is 0 Å². The Hall–Kier alpha value is -0.530. The molecule has 2 unspecified atom stereocenters. The summed E-state index contributed by atoms with van der Waals surface area (Å²) in [6.07, 6.45) is 9.33. The molecule has 2 bridgehead atoms. The largest absolute Gasteiger partial charge is 0.454 e. The van der Waals surface area contributed by atoms with Crippen LogP contribution in [0.15, 0.2) is 0 Å². The van der Waals surface area contributed by atoms with Gasteiger partial charge in [-0.25, -0.2) is 0 Å². The Bertz CT molecular complexity index is 257. The van der Waals surface area contributed by atoms with E-state index in [1.165, 1.54) is 50.7 Å². The van der Waals surface area contributed by atoms with E-state index in [1.54, 1.807) is 0 Å². The molecule has 1 aliphatic heterocycles. The topological polar surface area (TPSA) is 26.8 Å². The van der Waals surface area contributed by atoms with Gasteiger partial charge in [0.2, 0.25) is 0 Å². The van der Waals surface area contributed by atoms with Crippen molar-refractivity contribution in [2.45, 2.75) is 51.0 Å². The summed E-state index contributed by atoms with van der Waals surface area (Å²) in [5, 5.41) is 0. The Morgan fingerprint density at radius 1 is 1.33 bits per heavy atom. The molecule has 0 aromatic heterocycles. The molecule has 2 heteroatoms. The summed E-state index contributed by atoms with van der Waals surface area (Å²) in [5.41, 5.74) is 2.02. The summed E-state index contributed by atoms with van der Waals surface area (Å²) in [6, 6.07) is 0.595. The maximum atomic E-state index is 7.94. The van der Waals surface area contributed by atoms with Gasteiger partial charge in [0.15, 0.2) is 5.71 Å². The van der Waals surface area contributed by atoms with Crippen molar-refractivity contribution < 1.29 is 4.68 Å². The number of nitrogens with zero attached hydrogens (tertiary/aromatic N) is 1. The molecular weight excluding hydrogens is 148 g/mol. The highest BCUT2D eigenvalue weighted by Crippen LogP contribution is 2.52. The fraction of sp³-hybridized carbons (Fsp3) is 0.900. The van der Waals surface area contributed by atoms with Gasteiger partial charge < -0.3 is 5.84 Å². The second kappa shape index (κ2) is 2.04. The first kappa shape index (κ1) is 6.93. The van der Waals surface area contributed by atoms with Crippen LogP contribution in [0.1, 0.15) is 44.9 Å². The summed E-state index contributed by atoms with van der Waals surface area (Å²) >= 11 is 0. The molecule has 0 radical (unpaired) electrons. The Balaban J connectivity index is 2.07. The lowest BCUT2D eigenvalue weighted by molar-refractivity contribution is -0.495. The second-order valence-corrected chi connectivity index (χ2v) is 4.70. The highest BCUT2D eigenvalue weighted by atomic mass is 15.4. The Morgan fingerprint density at radius 3 is 3.08 bits per heavy atom. The predicted octanol–water partition coefficient (Wildman–Crippen LogP) is 2.53. The van der Waals surface area contributed by atoms with Gasteiger partial charge in [-0.05, 0) is 19.3 Å². The summed E-state index contributed by atoms with van der Waals surface area (Å²) < 4.78 is 1.86. The second-order valence-electron chi connectivity index (χ2n) is 4.70. The Kier molecular flexibility index (Phi) is 1.18. The van der Waals surface area contributed by atoms with Crippen molar-refractivity contribution in [3.05, 3.63) is 5.84 Å². The lowest BCUT2D eigenvalue weighted by Gasteiger charge is -2.30. The molecule has 2 saturated carbocycles. The van der Waals surface area contributed by atoms with E-state index in [1.807, 2.05) is 4.68 Å². The lowest BCUT2D eigenvalue weighted by Crippen LogP contribution is -2.33. The van der Waals surface area contributed by atoms with Gasteiger partial charge in [0, 0.05) is 19.3 Å². The molecule has 3 rings (SSSR count). The van der Waals surface area contributed by atoms with E-state index in [9.17, 15) is 0 Å². The highest BCUT2D eigenvalue weighted by molar-refractivity contribution is 5.88. The molecular formula is C10H16N2. The number of rotatable bonds is 0. The van der Waals surface area contributed by atoms with Crippen LogP contribution >= 0.6 is 0 Å².